The number of para-hydroxylation sites is 1. The molecule has 2 amide bonds. The molecule has 3 aromatic rings. The van der Waals surface area contributed by atoms with Crippen LogP contribution in [0.1, 0.15) is 32.7 Å². The predicted molar refractivity (Wildman–Crippen MR) is 123 cm³/mol. The molecule has 31 heavy (non-hydrogen) atoms. The lowest BCUT2D eigenvalue weighted by Crippen LogP contribution is -2.19. The molecule has 7 heteroatoms. The second-order valence-corrected chi connectivity index (χ2v) is 8.04. The SMILES string of the molecule is Cc1cccc(NC(=O)c2ccccc2NC(=O)CSc2nc(C)cc(C)c2C#N)c1. The Morgan fingerprint density at radius 3 is 2.55 bits per heavy atom. The lowest BCUT2D eigenvalue weighted by Gasteiger charge is -2.12. The summed E-state index contributed by atoms with van der Waals surface area (Å²) in [4.78, 5) is 29.7. The average Bonchev–Trinajstić information content (AvgIpc) is 2.72. The second kappa shape index (κ2) is 9.92. The summed E-state index contributed by atoms with van der Waals surface area (Å²) in [5.74, 6) is -0.527. The fourth-order valence-corrected chi connectivity index (χ4v) is 3.97. The van der Waals surface area contributed by atoms with Crippen LogP contribution in [0.3, 0.4) is 0 Å². The number of nitrogens with zero attached hydrogens (tertiary/aromatic N) is 2. The molecule has 0 fully saturated rings. The molecule has 1 heterocycles. The molecule has 3 rings (SSSR count). The van der Waals surface area contributed by atoms with Crippen LogP contribution in [0.4, 0.5) is 11.4 Å². The zero-order chi connectivity index (χ0) is 22.4. The molecule has 0 saturated heterocycles. The lowest BCUT2D eigenvalue weighted by atomic mass is 10.1. The highest BCUT2D eigenvalue weighted by atomic mass is 32.2. The Kier molecular flexibility index (Phi) is 7.06. The molecular weight excluding hydrogens is 408 g/mol. The van der Waals surface area contributed by atoms with Crippen LogP contribution in [0.2, 0.25) is 0 Å². The number of aromatic nitrogens is 1. The van der Waals surface area contributed by atoms with E-state index < -0.39 is 0 Å². The molecular formula is C24H22N4O2S. The Morgan fingerprint density at radius 1 is 1.03 bits per heavy atom. The first-order chi connectivity index (χ1) is 14.9. The molecule has 0 unspecified atom stereocenters. The molecule has 156 valence electrons. The van der Waals surface area contributed by atoms with Crippen LogP contribution < -0.4 is 10.6 Å². The van der Waals surface area contributed by atoms with E-state index in [1.807, 2.05) is 51.1 Å². The molecule has 0 bridgehead atoms. The number of nitrogens with one attached hydrogen (secondary N) is 2. The maximum Gasteiger partial charge on any atom is 0.257 e. The van der Waals surface area contributed by atoms with Crippen LogP contribution in [0.15, 0.2) is 59.6 Å². The Balaban J connectivity index is 1.70. The van der Waals surface area contributed by atoms with Crippen molar-refractivity contribution < 1.29 is 9.59 Å². The fraction of sp³-hybridized carbons (Fsp3) is 0.167. The molecule has 0 spiro atoms. The van der Waals surface area contributed by atoms with Crippen molar-refractivity contribution in [2.45, 2.75) is 25.8 Å². The normalized spacial score (nSPS) is 10.3. The summed E-state index contributed by atoms with van der Waals surface area (Å²) < 4.78 is 0. The first-order valence-electron chi connectivity index (χ1n) is 9.65. The van der Waals surface area contributed by atoms with Crippen LogP contribution in [-0.4, -0.2) is 22.6 Å². The number of pyridine rings is 1. The topological polar surface area (TPSA) is 94.9 Å². The molecule has 0 radical (unpaired) electrons. The van der Waals surface area contributed by atoms with E-state index in [1.54, 1.807) is 24.3 Å². The molecule has 6 nitrogen and oxygen atoms in total. The van der Waals surface area contributed by atoms with E-state index in [4.69, 9.17) is 0 Å². The molecule has 2 N–H and O–H groups in total. The van der Waals surface area contributed by atoms with Crippen molar-refractivity contribution in [2.75, 3.05) is 16.4 Å². The number of benzene rings is 2. The molecule has 0 atom stereocenters. The van der Waals surface area contributed by atoms with Gasteiger partial charge in [-0.25, -0.2) is 4.98 Å². The number of anilines is 2. The van der Waals surface area contributed by atoms with E-state index in [9.17, 15) is 14.9 Å². The van der Waals surface area contributed by atoms with Crippen molar-refractivity contribution in [3.05, 3.63) is 82.5 Å². The van der Waals surface area contributed by atoms with E-state index in [1.165, 1.54) is 11.8 Å². The summed E-state index contributed by atoms with van der Waals surface area (Å²) in [5.41, 5.74) is 4.60. The van der Waals surface area contributed by atoms with Gasteiger partial charge in [0.1, 0.15) is 11.1 Å². The number of nitriles is 1. The van der Waals surface area contributed by atoms with E-state index in [0.717, 1.165) is 16.8 Å². The van der Waals surface area contributed by atoms with Gasteiger partial charge in [-0.05, 0) is 62.2 Å². The zero-order valence-electron chi connectivity index (χ0n) is 17.5. The van der Waals surface area contributed by atoms with Crippen molar-refractivity contribution in [1.82, 2.24) is 4.98 Å². The first kappa shape index (κ1) is 22.1. The standard InChI is InChI=1S/C24H22N4O2S/c1-15-7-6-8-18(11-15)27-23(30)19-9-4-5-10-21(19)28-22(29)14-31-24-20(13-25)16(2)12-17(3)26-24/h4-12H,14H2,1-3H3,(H,27,30)(H,28,29). The number of hydrogen-bond acceptors (Lipinski definition) is 5. The minimum Gasteiger partial charge on any atom is -0.325 e. The quantitative estimate of drug-likeness (QED) is 0.545. The predicted octanol–water partition coefficient (Wildman–Crippen LogP) is 4.86. The van der Waals surface area contributed by atoms with Gasteiger partial charge in [-0.1, -0.05) is 36.0 Å². The van der Waals surface area contributed by atoms with Gasteiger partial charge in [-0.3, -0.25) is 9.59 Å². The van der Waals surface area contributed by atoms with Gasteiger partial charge in [0.25, 0.3) is 5.91 Å². The Hall–Kier alpha value is -3.63. The monoisotopic (exact) mass is 430 g/mol. The molecule has 0 aliphatic rings. The van der Waals surface area contributed by atoms with Gasteiger partial charge in [0, 0.05) is 11.4 Å². The van der Waals surface area contributed by atoms with Crippen LogP contribution in [0.5, 0.6) is 0 Å². The van der Waals surface area contributed by atoms with E-state index in [-0.39, 0.29) is 17.6 Å². The number of amides is 2. The highest BCUT2D eigenvalue weighted by Crippen LogP contribution is 2.24. The van der Waals surface area contributed by atoms with Crippen LogP contribution in [0.25, 0.3) is 0 Å². The lowest BCUT2D eigenvalue weighted by molar-refractivity contribution is -0.113. The highest BCUT2D eigenvalue weighted by Gasteiger charge is 2.15. The van der Waals surface area contributed by atoms with Gasteiger partial charge in [-0.2, -0.15) is 5.26 Å². The van der Waals surface area contributed by atoms with Gasteiger partial charge < -0.3 is 10.6 Å². The van der Waals surface area contributed by atoms with Gasteiger partial charge in [0.05, 0.1) is 22.6 Å². The largest absolute Gasteiger partial charge is 0.325 e. The third-order valence-corrected chi connectivity index (χ3v) is 5.46. The summed E-state index contributed by atoms with van der Waals surface area (Å²) in [6, 6.07) is 18.3. The molecule has 0 aliphatic heterocycles. The third kappa shape index (κ3) is 5.71. The maximum absolute atomic E-state index is 12.8. The zero-order valence-corrected chi connectivity index (χ0v) is 18.3. The number of carbonyl (C=O) groups excluding carboxylic acids is 2. The highest BCUT2D eigenvalue weighted by molar-refractivity contribution is 8.00. The van der Waals surface area contributed by atoms with Crippen LogP contribution in [0, 0.1) is 32.1 Å². The first-order valence-corrected chi connectivity index (χ1v) is 10.6. The van der Waals surface area contributed by atoms with Crippen LogP contribution >= 0.6 is 11.8 Å². The van der Waals surface area contributed by atoms with Crippen molar-refractivity contribution in [1.29, 1.82) is 5.26 Å². The minimum atomic E-state index is -0.308. The van der Waals surface area contributed by atoms with Gasteiger partial charge in [0.2, 0.25) is 5.91 Å². The fourth-order valence-electron chi connectivity index (χ4n) is 3.07. The summed E-state index contributed by atoms with van der Waals surface area (Å²) in [5, 5.41) is 15.6. The van der Waals surface area contributed by atoms with Gasteiger partial charge >= 0.3 is 0 Å². The molecule has 2 aromatic carbocycles. The van der Waals surface area contributed by atoms with Crippen molar-refractivity contribution in [3.8, 4) is 6.07 Å². The number of rotatable bonds is 6. The number of carbonyl (C=O) groups is 2. The van der Waals surface area contributed by atoms with E-state index in [2.05, 4.69) is 21.7 Å². The van der Waals surface area contributed by atoms with E-state index >= 15 is 0 Å². The number of thioether (sulfide) groups is 1. The molecule has 0 aliphatic carbocycles. The Morgan fingerprint density at radius 2 is 1.81 bits per heavy atom. The maximum atomic E-state index is 12.8. The van der Waals surface area contributed by atoms with Gasteiger partial charge in [0.15, 0.2) is 0 Å². The molecule has 1 aromatic heterocycles. The second-order valence-electron chi connectivity index (χ2n) is 7.08. The van der Waals surface area contributed by atoms with Crippen molar-refractivity contribution >= 4 is 35.0 Å². The smallest absolute Gasteiger partial charge is 0.257 e. The summed E-state index contributed by atoms with van der Waals surface area (Å²) in [6.45, 7) is 5.64. The number of hydrogen-bond donors (Lipinski definition) is 2. The van der Waals surface area contributed by atoms with Gasteiger partial charge in [-0.15, -0.1) is 0 Å². The molecule has 0 saturated carbocycles. The number of aryl methyl sites for hydroxylation is 3. The average molecular weight is 431 g/mol. The van der Waals surface area contributed by atoms with Crippen molar-refractivity contribution in [3.63, 3.8) is 0 Å². The van der Waals surface area contributed by atoms with E-state index in [0.29, 0.717) is 27.5 Å². The Bertz CT molecular complexity index is 1180. The minimum absolute atomic E-state index is 0.0679. The van der Waals surface area contributed by atoms with Crippen molar-refractivity contribution in [2.24, 2.45) is 0 Å². The summed E-state index contributed by atoms with van der Waals surface area (Å²) >= 11 is 1.20. The Labute approximate surface area is 185 Å². The summed E-state index contributed by atoms with van der Waals surface area (Å²) in [6.07, 6.45) is 0. The third-order valence-electron chi connectivity index (χ3n) is 4.49. The van der Waals surface area contributed by atoms with Crippen LogP contribution in [-0.2, 0) is 4.79 Å². The summed E-state index contributed by atoms with van der Waals surface area (Å²) in [7, 11) is 0.